The van der Waals surface area contributed by atoms with Crippen molar-refractivity contribution < 1.29 is 15.0 Å². The van der Waals surface area contributed by atoms with Crippen LogP contribution in [0.4, 0.5) is 0 Å². The molecule has 0 aliphatic rings. The van der Waals surface area contributed by atoms with Crippen LogP contribution in [-0.4, -0.2) is 21.2 Å². The lowest BCUT2D eigenvalue weighted by molar-refractivity contribution is -0.132. The third kappa shape index (κ3) is 1.99. The summed E-state index contributed by atoms with van der Waals surface area (Å²) in [5.74, 6) is -1.48. The number of para-hydroxylation sites is 1. The van der Waals surface area contributed by atoms with E-state index in [1.807, 2.05) is 0 Å². The van der Waals surface area contributed by atoms with E-state index in [0.717, 1.165) is 6.08 Å². The number of benzene rings is 1. The summed E-state index contributed by atoms with van der Waals surface area (Å²) in [5, 5.41) is 19.1. The Morgan fingerprint density at radius 3 is 2.78 bits per heavy atom. The molecule has 18 heavy (non-hydrogen) atoms. The molecule has 0 spiro atoms. The number of hydrogen-bond acceptors (Lipinski definition) is 3. The summed E-state index contributed by atoms with van der Waals surface area (Å²) < 4.78 is 0. The molecule has 5 nitrogen and oxygen atoms in total. The highest BCUT2D eigenvalue weighted by Crippen LogP contribution is 2.27. The zero-order valence-electron chi connectivity index (χ0n) is 9.16. The lowest BCUT2D eigenvalue weighted by Crippen LogP contribution is -1.96. The number of carbonyl (C=O) groups is 1. The van der Waals surface area contributed by atoms with E-state index in [9.17, 15) is 9.90 Å². The summed E-state index contributed by atoms with van der Waals surface area (Å²) in [6, 6.07) is 6.98. The minimum Gasteiger partial charge on any atom is -0.506 e. The van der Waals surface area contributed by atoms with Gasteiger partial charge in [0.2, 0.25) is 0 Å². The average molecular weight is 240 g/mol. The fraction of sp³-hybridized carbons (Fsp3) is 0. The highest BCUT2D eigenvalue weighted by molar-refractivity contribution is 5.99. The summed E-state index contributed by atoms with van der Waals surface area (Å²) in [6.45, 7) is 6.80. The van der Waals surface area contributed by atoms with Gasteiger partial charge in [-0.3, -0.25) is 9.78 Å². The van der Waals surface area contributed by atoms with E-state index in [2.05, 4.69) is 9.83 Å². The number of carboxylic acids is 1. The molecular formula is C13H8N2O3. The second-order valence-corrected chi connectivity index (χ2v) is 3.52. The van der Waals surface area contributed by atoms with Crippen molar-refractivity contribution >= 4 is 22.9 Å². The van der Waals surface area contributed by atoms with Crippen molar-refractivity contribution in [1.82, 2.24) is 4.98 Å². The van der Waals surface area contributed by atoms with Crippen LogP contribution in [0.2, 0.25) is 0 Å². The number of rotatable bonds is 2. The van der Waals surface area contributed by atoms with Crippen molar-refractivity contribution in [3.63, 3.8) is 0 Å². The van der Waals surface area contributed by atoms with Crippen molar-refractivity contribution in [3.05, 3.63) is 53.1 Å². The van der Waals surface area contributed by atoms with Gasteiger partial charge in [-0.2, -0.15) is 0 Å². The number of aliphatic carboxylic acids is 1. The molecule has 2 rings (SSSR count). The Hall–Kier alpha value is -2.87. The molecule has 2 N–H and O–H groups in total. The molecule has 0 atom stereocenters. The number of aromatic hydroxyl groups is 1. The molecule has 0 aliphatic heterocycles. The summed E-state index contributed by atoms with van der Waals surface area (Å²) in [4.78, 5) is 17.7. The first-order valence-corrected chi connectivity index (χ1v) is 5.02. The van der Waals surface area contributed by atoms with Gasteiger partial charge in [-0.15, -0.1) is 0 Å². The molecule has 0 saturated heterocycles. The lowest BCUT2D eigenvalue weighted by atomic mass is 10.1. The molecule has 0 amide bonds. The van der Waals surface area contributed by atoms with Gasteiger partial charge < -0.3 is 10.2 Å². The van der Waals surface area contributed by atoms with E-state index >= 15 is 0 Å². The number of aromatic nitrogens is 1. The monoisotopic (exact) mass is 240 g/mol. The number of fused-ring (bicyclic) bond motifs is 1. The van der Waals surface area contributed by atoms with Crippen molar-refractivity contribution in [1.29, 1.82) is 0 Å². The molecule has 0 saturated carbocycles. The fourth-order valence-electron chi connectivity index (χ4n) is 1.58. The molecule has 0 fully saturated rings. The first kappa shape index (κ1) is 11.6. The standard InChI is InChI=1S/C13H8N2O3/c1-14-11(13(17)18)6-9-8-4-2-3-5-10(8)15-7-12(9)16/h2-7,16H,(H,17,18). The summed E-state index contributed by atoms with van der Waals surface area (Å²) in [6.07, 6.45) is 2.38. The van der Waals surface area contributed by atoms with E-state index in [-0.39, 0.29) is 11.3 Å². The van der Waals surface area contributed by atoms with Crippen LogP contribution in [0.1, 0.15) is 5.56 Å². The Balaban J connectivity index is 2.75. The van der Waals surface area contributed by atoms with E-state index in [0.29, 0.717) is 10.9 Å². The first-order valence-electron chi connectivity index (χ1n) is 5.02. The minimum atomic E-state index is -1.33. The van der Waals surface area contributed by atoms with Crippen LogP contribution >= 0.6 is 0 Å². The molecule has 1 aromatic heterocycles. The van der Waals surface area contributed by atoms with Crippen LogP contribution in [0, 0.1) is 6.57 Å². The number of hydrogen-bond donors (Lipinski definition) is 2. The van der Waals surface area contributed by atoms with E-state index in [1.165, 1.54) is 6.20 Å². The number of carboxylic acid groups (broad SMARTS) is 1. The molecular weight excluding hydrogens is 232 g/mol. The van der Waals surface area contributed by atoms with Gasteiger partial charge in [0.15, 0.2) is 0 Å². The summed E-state index contributed by atoms with van der Waals surface area (Å²) >= 11 is 0. The maximum absolute atomic E-state index is 10.8. The zero-order chi connectivity index (χ0) is 13.1. The Morgan fingerprint density at radius 2 is 2.11 bits per heavy atom. The fourth-order valence-corrected chi connectivity index (χ4v) is 1.58. The van der Waals surface area contributed by atoms with Gasteiger partial charge in [0, 0.05) is 10.9 Å². The van der Waals surface area contributed by atoms with Crippen LogP contribution in [0.25, 0.3) is 21.8 Å². The third-order valence-corrected chi connectivity index (χ3v) is 2.42. The highest BCUT2D eigenvalue weighted by atomic mass is 16.4. The SMILES string of the molecule is [C-]#[N+]C(=Cc1c(O)cnc2ccccc12)C(=O)O. The van der Waals surface area contributed by atoms with Crippen LogP contribution in [0.15, 0.2) is 36.2 Å². The first-order chi connectivity index (χ1) is 8.63. The van der Waals surface area contributed by atoms with Gasteiger partial charge in [0.1, 0.15) is 5.75 Å². The Bertz CT molecular complexity index is 699. The molecule has 0 bridgehead atoms. The van der Waals surface area contributed by atoms with Gasteiger partial charge in [0.05, 0.1) is 18.3 Å². The largest absolute Gasteiger partial charge is 0.506 e. The maximum atomic E-state index is 10.8. The summed E-state index contributed by atoms with van der Waals surface area (Å²) in [5.41, 5.74) is 0.451. The Labute approximate surface area is 102 Å². The second-order valence-electron chi connectivity index (χ2n) is 3.52. The smallest absolute Gasteiger partial charge is 0.333 e. The van der Waals surface area contributed by atoms with Crippen LogP contribution < -0.4 is 0 Å². The average Bonchev–Trinajstić information content (AvgIpc) is 2.37. The van der Waals surface area contributed by atoms with Gasteiger partial charge in [-0.25, -0.2) is 4.85 Å². The molecule has 0 radical (unpaired) electrons. The normalized spacial score (nSPS) is 11.2. The van der Waals surface area contributed by atoms with Crippen molar-refractivity contribution in [2.24, 2.45) is 0 Å². The highest BCUT2D eigenvalue weighted by Gasteiger charge is 2.11. The van der Waals surface area contributed by atoms with E-state index in [4.69, 9.17) is 11.7 Å². The van der Waals surface area contributed by atoms with Crippen LogP contribution in [0.5, 0.6) is 5.75 Å². The van der Waals surface area contributed by atoms with Gasteiger partial charge in [0.25, 0.3) is 5.70 Å². The minimum absolute atomic E-state index is 0.156. The van der Waals surface area contributed by atoms with Crippen LogP contribution in [0.3, 0.4) is 0 Å². The predicted octanol–water partition coefficient (Wildman–Crippen LogP) is 2.29. The zero-order valence-corrected chi connectivity index (χ0v) is 9.16. The number of pyridine rings is 1. The molecule has 0 unspecified atom stereocenters. The van der Waals surface area contributed by atoms with Gasteiger partial charge in [-0.05, 0) is 12.1 Å². The topological polar surface area (TPSA) is 74.8 Å². The maximum Gasteiger partial charge on any atom is 0.333 e. The molecule has 88 valence electrons. The van der Waals surface area contributed by atoms with Crippen molar-refractivity contribution in [2.45, 2.75) is 0 Å². The Morgan fingerprint density at radius 1 is 1.39 bits per heavy atom. The Kier molecular flexibility index (Phi) is 2.94. The molecule has 5 heteroatoms. The molecule has 0 aliphatic carbocycles. The lowest BCUT2D eigenvalue weighted by Gasteiger charge is -2.04. The quantitative estimate of drug-likeness (QED) is 0.623. The predicted molar refractivity (Wildman–Crippen MR) is 65.6 cm³/mol. The van der Waals surface area contributed by atoms with Crippen molar-refractivity contribution in [2.75, 3.05) is 0 Å². The molecule has 1 heterocycles. The van der Waals surface area contributed by atoms with E-state index < -0.39 is 11.7 Å². The van der Waals surface area contributed by atoms with Gasteiger partial charge in [-0.1, -0.05) is 18.2 Å². The van der Waals surface area contributed by atoms with Crippen LogP contribution in [-0.2, 0) is 4.79 Å². The summed E-state index contributed by atoms with van der Waals surface area (Å²) in [7, 11) is 0. The third-order valence-electron chi connectivity index (χ3n) is 2.42. The molecule has 1 aromatic carbocycles. The molecule has 2 aromatic rings. The van der Waals surface area contributed by atoms with E-state index in [1.54, 1.807) is 24.3 Å². The second kappa shape index (κ2) is 4.55. The van der Waals surface area contributed by atoms with Crippen molar-refractivity contribution in [3.8, 4) is 5.75 Å². The van der Waals surface area contributed by atoms with Gasteiger partial charge >= 0.3 is 5.97 Å². The number of nitrogens with zero attached hydrogens (tertiary/aromatic N) is 2.